The van der Waals surface area contributed by atoms with Gasteiger partial charge in [0.1, 0.15) is 0 Å². The van der Waals surface area contributed by atoms with E-state index in [9.17, 15) is 9.59 Å². The van der Waals surface area contributed by atoms with Gasteiger partial charge in [0.15, 0.2) is 0 Å². The van der Waals surface area contributed by atoms with Crippen molar-refractivity contribution in [2.45, 2.75) is 6.54 Å². The Labute approximate surface area is 160 Å². The highest BCUT2D eigenvalue weighted by Crippen LogP contribution is 2.34. The van der Waals surface area contributed by atoms with Crippen LogP contribution in [0.5, 0.6) is 0 Å². The smallest absolute Gasteiger partial charge is 0.268 e. The van der Waals surface area contributed by atoms with Crippen molar-refractivity contribution >= 4 is 51.4 Å². The molecule has 1 fully saturated rings. The molecule has 0 N–H and O–H groups in total. The second-order valence-corrected chi connectivity index (χ2v) is 7.39. The normalized spacial score (nSPS) is 16.0. The van der Waals surface area contributed by atoms with Crippen LogP contribution in [0.1, 0.15) is 11.1 Å². The van der Waals surface area contributed by atoms with Gasteiger partial charge in [0.05, 0.1) is 11.4 Å². The number of fused-ring (bicyclic) bond motifs is 1. The summed E-state index contributed by atoms with van der Waals surface area (Å²) in [5, 5.41) is 2.52. The Hall–Kier alpha value is -2.56. The Balaban J connectivity index is 1.64. The molecule has 0 aromatic heterocycles. The van der Waals surface area contributed by atoms with Gasteiger partial charge in [0.25, 0.3) is 11.1 Å². The molecule has 2 amide bonds. The minimum Gasteiger partial charge on any atom is -0.268 e. The Morgan fingerprint density at radius 3 is 2.46 bits per heavy atom. The second-order valence-electron chi connectivity index (χ2n) is 5.96. The van der Waals surface area contributed by atoms with Crippen LogP contribution < -0.4 is 0 Å². The molecule has 1 saturated heterocycles. The fourth-order valence-corrected chi connectivity index (χ4v) is 3.88. The molecular formula is C21H14ClNO2S. The van der Waals surface area contributed by atoms with E-state index in [1.807, 2.05) is 54.6 Å². The van der Waals surface area contributed by atoms with E-state index in [1.54, 1.807) is 18.2 Å². The van der Waals surface area contributed by atoms with E-state index in [0.717, 1.165) is 33.7 Å². The topological polar surface area (TPSA) is 37.4 Å². The molecular weight excluding hydrogens is 366 g/mol. The first-order valence-corrected chi connectivity index (χ1v) is 9.29. The van der Waals surface area contributed by atoms with Gasteiger partial charge < -0.3 is 0 Å². The lowest BCUT2D eigenvalue weighted by Gasteiger charge is -2.12. The molecule has 26 heavy (non-hydrogen) atoms. The number of imide groups is 1. The third kappa shape index (κ3) is 3.26. The summed E-state index contributed by atoms with van der Waals surface area (Å²) in [6.07, 6.45) is 1.80. The first kappa shape index (κ1) is 16.9. The molecule has 0 unspecified atom stereocenters. The minimum atomic E-state index is -0.261. The van der Waals surface area contributed by atoms with Crippen molar-refractivity contribution in [3.8, 4) is 0 Å². The summed E-state index contributed by atoms with van der Waals surface area (Å²) in [5.41, 5.74) is 1.79. The Morgan fingerprint density at radius 2 is 1.65 bits per heavy atom. The Morgan fingerprint density at radius 1 is 0.923 bits per heavy atom. The van der Waals surface area contributed by atoms with Crippen LogP contribution in [-0.2, 0) is 11.3 Å². The van der Waals surface area contributed by atoms with Gasteiger partial charge in [0.2, 0.25) is 0 Å². The summed E-state index contributed by atoms with van der Waals surface area (Å²) in [7, 11) is 0. The number of hydrogen-bond donors (Lipinski definition) is 0. The summed E-state index contributed by atoms with van der Waals surface area (Å²) in [6.45, 7) is 0.245. The van der Waals surface area contributed by atoms with Crippen LogP contribution in [0.15, 0.2) is 71.6 Å². The number of thioether (sulfide) groups is 1. The van der Waals surface area contributed by atoms with Crippen molar-refractivity contribution < 1.29 is 9.59 Å². The van der Waals surface area contributed by atoms with E-state index in [2.05, 4.69) is 0 Å². The standard InChI is InChI=1S/C21H14ClNO2S/c22-17-10-8-14(9-11-17)13-23-20(24)19(26-21(23)25)12-16-6-3-5-15-4-1-2-7-18(15)16/h1-12H,13H2/b19-12-. The third-order valence-electron chi connectivity index (χ3n) is 4.24. The number of nitrogens with zero attached hydrogens (tertiary/aromatic N) is 1. The first-order valence-electron chi connectivity index (χ1n) is 8.09. The number of amides is 2. The molecule has 3 aromatic carbocycles. The number of hydrogen-bond acceptors (Lipinski definition) is 3. The van der Waals surface area contributed by atoms with Crippen molar-refractivity contribution in [3.05, 3.63) is 87.8 Å². The summed E-state index contributed by atoms with van der Waals surface area (Å²) >= 11 is 6.87. The van der Waals surface area contributed by atoms with Crippen LogP contribution in [0, 0.1) is 0 Å². The maximum atomic E-state index is 12.7. The minimum absolute atomic E-state index is 0.245. The van der Waals surface area contributed by atoms with Crippen molar-refractivity contribution in [1.82, 2.24) is 4.90 Å². The van der Waals surface area contributed by atoms with Gasteiger partial charge in [-0.2, -0.15) is 0 Å². The molecule has 0 atom stereocenters. The maximum absolute atomic E-state index is 12.7. The van der Waals surface area contributed by atoms with Gasteiger partial charge in [-0.1, -0.05) is 66.2 Å². The molecule has 3 aromatic rings. The number of carbonyl (C=O) groups excluding carboxylic acids is 2. The largest absolute Gasteiger partial charge is 0.293 e. The fraction of sp³-hybridized carbons (Fsp3) is 0.0476. The molecule has 5 heteroatoms. The average Bonchev–Trinajstić information content (AvgIpc) is 2.91. The zero-order valence-corrected chi connectivity index (χ0v) is 15.3. The van der Waals surface area contributed by atoms with E-state index in [0.29, 0.717) is 9.93 Å². The molecule has 3 nitrogen and oxygen atoms in total. The van der Waals surface area contributed by atoms with E-state index in [4.69, 9.17) is 11.6 Å². The summed E-state index contributed by atoms with van der Waals surface area (Å²) in [6, 6.07) is 21.1. The quantitative estimate of drug-likeness (QED) is 0.545. The van der Waals surface area contributed by atoms with Crippen LogP contribution in [0.25, 0.3) is 16.8 Å². The van der Waals surface area contributed by atoms with E-state index >= 15 is 0 Å². The van der Waals surface area contributed by atoms with Crippen LogP contribution in [-0.4, -0.2) is 16.0 Å². The predicted octanol–water partition coefficient (Wildman–Crippen LogP) is 5.73. The molecule has 0 saturated carbocycles. The lowest BCUT2D eigenvalue weighted by molar-refractivity contribution is -0.123. The Kier molecular flexibility index (Phi) is 4.53. The van der Waals surface area contributed by atoms with Crippen molar-refractivity contribution in [3.63, 3.8) is 0 Å². The van der Waals surface area contributed by atoms with Gasteiger partial charge in [-0.15, -0.1) is 0 Å². The van der Waals surface area contributed by atoms with Crippen LogP contribution >= 0.6 is 23.4 Å². The van der Waals surface area contributed by atoms with Crippen molar-refractivity contribution in [2.75, 3.05) is 0 Å². The van der Waals surface area contributed by atoms with Crippen molar-refractivity contribution in [2.24, 2.45) is 0 Å². The molecule has 1 heterocycles. The molecule has 0 radical (unpaired) electrons. The maximum Gasteiger partial charge on any atom is 0.293 e. The third-order valence-corrected chi connectivity index (χ3v) is 5.40. The summed E-state index contributed by atoms with van der Waals surface area (Å²) in [4.78, 5) is 26.8. The van der Waals surface area contributed by atoms with Crippen LogP contribution in [0.3, 0.4) is 0 Å². The summed E-state index contributed by atoms with van der Waals surface area (Å²) < 4.78 is 0. The SMILES string of the molecule is O=C1S/C(=C\c2cccc3ccccc23)C(=O)N1Cc1ccc(Cl)cc1. The van der Waals surface area contributed by atoms with E-state index in [1.165, 1.54) is 4.90 Å². The van der Waals surface area contributed by atoms with E-state index < -0.39 is 0 Å². The second kappa shape index (κ2) is 6.98. The summed E-state index contributed by atoms with van der Waals surface area (Å²) in [5.74, 6) is -0.261. The highest BCUT2D eigenvalue weighted by atomic mass is 35.5. The number of halogens is 1. The number of rotatable bonds is 3. The number of benzene rings is 3. The van der Waals surface area contributed by atoms with Gasteiger partial charge in [-0.3, -0.25) is 14.5 Å². The lowest BCUT2D eigenvalue weighted by atomic mass is 10.0. The van der Waals surface area contributed by atoms with Gasteiger partial charge in [-0.05, 0) is 51.9 Å². The average molecular weight is 380 g/mol. The zero-order chi connectivity index (χ0) is 18.1. The monoisotopic (exact) mass is 379 g/mol. The number of carbonyl (C=O) groups is 2. The van der Waals surface area contributed by atoms with Gasteiger partial charge in [0, 0.05) is 5.02 Å². The molecule has 128 valence electrons. The van der Waals surface area contributed by atoms with Gasteiger partial charge >= 0.3 is 0 Å². The molecule has 1 aliphatic heterocycles. The zero-order valence-electron chi connectivity index (χ0n) is 13.7. The lowest BCUT2D eigenvalue weighted by Crippen LogP contribution is -2.27. The van der Waals surface area contributed by atoms with Crippen LogP contribution in [0.4, 0.5) is 4.79 Å². The van der Waals surface area contributed by atoms with Gasteiger partial charge in [-0.25, -0.2) is 0 Å². The molecule has 4 rings (SSSR count). The predicted molar refractivity (Wildman–Crippen MR) is 107 cm³/mol. The molecule has 0 bridgehead atoms. The highest BCUT2D eigenvalue weighted by Gasteiger charge is 2.35. The molecule has 0 spiro atoms. The molecule has 0 aliphatic carbocycles. The Bertz CT molecular complexity index is 1040. The molecule has 1 aliphatic rings. The van der Waals surface area contributed by atoms with Crippen LogP contribution in [0.2, 0.25) is 5.02 Å². The fourth-order valence-electron chi connectivity index (χ4n) is 2.93. The highest BCUT2D eigenvalue weighted by molar-refractivity contribution is 8.18. The van der Waals surface area contributed by atoms with Crippen molar-refractivity contribution in [1.29, 1.82) is 0 Å². The first-order chi connectivity index (χ1) is 12.6. The van der Waals surface area contributed by atoms with E-state index in [-0.39, 0.29) is 17.7 Å².